The first kappa shape index (κ1) is 15.9. The second kappa shape index (κ2) is 6.85. The lowest BCUT2D eigenvalue weighted by Crippen LogP contribution is -2.42. The Balaban J connectivity index is 2.76. The van der Waals surface area contributed by atoms with Crippen LogP contribution < -0.4 is 10.6 Å². The van der Waals surface area contributed by atoms with Gasteiger partial charge in [-0.1, -0.05) is 6.92 Å². The Morgan fingerprint density at radius 2 is 2.15 bits per heavy atom. The molecule has 0 unspecified atom stereocenters. The number of hydrogen-bond donors (Lipinski definition) is 3. The number of carbonyl (C=O) groups excluding carboxylic acids is 1. The van der Waals surface area contributed by atoms with Gasteiger partial charge in [-0.25, -0.2) is 9.59 Å². The van der Waals surface area contributed by atoms with E-state index in [1.807, 2.05) is 0 Å². The Morgan fingerprint density at radius 1 is 1.50 bits per heavy atom. The van der Waals surface area contributed by atoms with Gasteiger partial charge in [0.1, 0.15) is 6.04 Å². The summed E-state index contributed by atoms with van der Waals surface area (Å²) >= 11 is 3.09. The molecule has 8 nitrogen and oxygen atoms in total. The topological polar surface area (TPSA) is 122 Å². The lowest BCUT2D eigenvalue weighted by atomic mass is 10.2. The van der Waals surface area contributed by atoms with Gasteiger partial charge < -0.3 is 15.7 Å². The van der Waals surface area contributed by atoms with Crippen LogP contribution in [0.1, 0.15) is 13.3 Å². The predicted octanol–water partition coefficient (Wildman–Crippen LogP) is 2.34. The minimum absolute atomic E-state index is 0.125. The number of nitrogens with zero attached hydrogens (tertiary/aromatic N) is 1. The van der Waals surface area contributed by atoms with Gasteiger partial charge in [-0.05, 0) is 28.4 Å². The number of urea groups is 1. The summed E-state index contributed by atoms with van der Waals surface area (Å²) in [6, 6.07) is 2.13. The van der Waals surface area contributed by atoms with Crippen molar-refractivity contribution in [2.75, 3.05) is 5.32 Å². The van der Waals surface area contributed by atoms with Crippen LogP contribution in [0.3, 0.4) is 0 Å². The van der Waals surface area contributed by atoms with E-state index in [-0.39, 0.29) is 12.1 Å². The lowest BCUT2D eigenvalue weighted by molar-refractivity contribution is -0.384. The summed E-state index contributed by atoms with van der Waals surface area (Å²) < 4.78 is 0.324. The molecule has 0 heterocycles. The number of nitrogens with one attached hydrogen (secondary N) is 2. The quantitative estimate of drug-likeness (QED) is 0.558. The molecule has 1 aromatic carbocycles. The molecule has 0 aliphatic rings. The van der Waals surface area contributed by atoms with E-state index in [0.717, 1.165) is 0 Å². The van der Waals surface area contributed by atoms with Crippen LogP contribution in [0.2, 0.25) is 0 Å². The fourth-order valence-electron chi connectivity index (χ4n) is 1.37. The highest BCUT2D eigenvalue weighted by Gasteiger charge is 2.18. The number of nitro groups is 1. The number of non-ortho nitro benzene ring substituents is 1. The molecular formula is C11H12BrN3O5. The van der Waals surface area contributed by atoms with Crippen LogP contribution in [-0.4, -0.2) is 28.1 Å². The van der Waals surface area contributed by atoms with Crippen molar-refractivity contribution in [3.05, 3.63) is 32.8 Å². The summed E-state index contributed by atoms with van der Waals surface area (Å²) in [7, 11) is 0. The van der Waals surface area contributed by atoms with E-state index in [1.165, 1.54) is 18.2 Å². The third-order valence-corrected chi connectivity index (χ3v) is 3.08. The molecule has 0 bridgehead atoms. The summed E-state index contributed by atoms with van der Waals surface area (Å²) in [6.07, 6.45) is 0.240. The monoisotopic (exact) mass is 345 g/mol. The third-order valence-electron chi connectivity index (χ3n) is 2.42. The molecule has 0 fully saturated rings. The fraction of sp³-hybridized carbons (Fsp3) is 0.273. The third kappa shape index (κ3) is 4.19. The van der Waals surface area contributed by atoms with Crippen molar-refractivity contribution in [3.8, 4) is 0 Å². The predicted molar refractivity (Wildman–Crippen MR) is 74.7 cm³/mol. The number of aliphatic carboxylic acids is 1. The van der Waals surface area contributed by atoms with Crippen LogP contribution in [0.25, 0.3) is 0 Å². The summed E-state index contributed by atoms with van der Waals surface area (Å²) in [5.74, 6) is -1.13. The minimum Gasteiger partial charge on any atom is -0.480 e. The van der Waals surface area contributed by atoms with Gasteiger partial charge in [-0.2, -0.15) is 0 Å². The van der Waals surface area contributed by atoms with Crippen molar-refractivity contribution in [3.63, 3.8) is 0 Å². The molecule has 0 aromatic heterocycles. The van der Waals surface area contributed by atoms with Gasteiger partial charge in [-0.3, -0.25) is 10.1 Å². The average Bonchev–Trinajstić information content (AvgIpc) is 2.37. The maximum Gasteiger partial charge on any atom is 0.326 e. The number of hydrogen-bond acceptors (Lipinski definition) is 4. The van der Waals surface area contributed by atoms with Crippen molar-refractivity contribution >= 4 is 39.3 Å². The van der Waals surface area contributed by atoms with E-state index in [9.17, 15) is 19.7 Å². The second-order valence-corrected chi connectivity index (χ2v) is 4.67. The summed E-state index contributed by atoms with van der Waals surface area (Å²) in [5, 5.41) is 24.1. The largest absolute Gasteiger partial charge is 0.480 e. The second-order valence-electron chi connectivity index (χ2n) is 3.82. The zero-order chi connectivity index (χ0) is 15.3. The molecule has 0 saturated carbocycles. The van der Waals surface area contributed by atoms with Crippen LogP contribution in [-0.2, 0) is 4.79 Å². The van der Waals surface area contributed by atoms with Crippen LogP contribution in [0, 0.1) is 10.1 Å². The van der Waals surface area contributed by atoms with Crippen molar-refractivity contribution < 1.29 is 19.6 Å². The summed E-state index contributed by atoms with van der Waals surface area (Å²) in [5.41, 5.74) is 0.174. The zero-order valence-corrected chi connectivity index (χ0v) is 12.0. The lowest BCUT2D eigenvalue weighted by Gasteiger charge is -2.13. The number of halogens is 1. The Labute approximate surface area is 122 Å². The molecule has 9 heteroatoms. The number of benzene rings is 1. The SMILES string of the molecule is CC[C@@H](NC(=O)Nc1ccc([N+](=O)[O-])cc1Br)C(=O)O. The van der Waals surface area contributed by atoms with E-state index in [1.54, 1.807) is 6.92 Å². The van der Waals surface area contributed by atoms with E-state index >= 15 is 0 Å². The maximum atomic E-state index is 11.6. The first-order valence-corrected chi connectivity index (χ1v) is 6.38. The molecular weight excluding hydrogens is 334 g/mol. The fourth-order valence-corrected chi connectivity index (χ4v) is 1.84. The molecule has 1 aromatic rings. The van der Waals surface area contributed by atoms with Crippen molar-refractivity contribution in [1.29, 1.82) is 0 Å². The molecule has 0 aliphatic carbocycles. The summed E-state index contributed by atoms with van der Waals surface area (Å²) in [6.45, 7) is 1.63. The van der Waals surface area contributed by atoms with E-state index in [4.69, 9.17) is 5.11 Å². The standard InChI is InChI=1S/C11H12BrN3O5/c1-2-8(10(16)17)13-11(18)14-9-4-3-6(15(19)20)5-7(9)12/h3-5,8H,2H2,1H3,(H,16,17)(H2,13,14,18)/t8-/m1/s1. The van der Waals surface area contributed by atoms with Gasteiger partial charge in [-0.15, -0.1) is 0 Å². The Hall–Kier alpha value is -2.16. The molecule has 3 N–H and O–H groups in total. The van der Waals surface area contributed by atoms with E-state index in [0.29, 0.717) is 10.2 Å². The normalized spacial score (nSPS) is 11.5. The van der Waals surface area contributed by atoms with E-state index in [2.05, 4.69) is 26.6 Å². The highest BCUT2D eigenvalue weighted by Crippen LogP contribution is 2.26. The Bertz CT molecular complexity index is 549. The first-order chi connectivity index (χ1) is 9.35. The molecule has 0 aliphatic heterocycles. The van der Waals surface area contributed by atoms with Crippen molar-refractivity contribution in [2.45, 2.75) is 19.4 Å². The van der Waals surface area contributed by atoms with Crippen LogP contribution in [0.15, 0.2) is 22.7 Å². The molecule has 0 saturated heterocycles. The van der Waals surface area contributed by atoms with E-state index < -0.39 is 23.0 Å². The molecule has 2 amide bonds. The van der Waals surface area contributed by atoms with Gasteiger partial charge in [0.25, 0.3) is 5.69 Å². The van der Waals surface area contributed by atoms with Gasteiger partial charge in [0.2, 0.25) is 0 Å². The smallest absolute Gasteiger partial charge is 0.326 e. The van der Waals surface area contributed by atoms with Crippen LogP contribution >= 0.6 is 15.9 Å². The highest BCUT2D eigenvalue weighted by atomic mass is 79.9. The molecule has 0 spiro atoms. The van der Waals surface area contributed by atoms with Crippen molar-refractivity contribution in [2.24, 2.45) is 0 Å². The average molecular weight is 346 g/mol. The molecule has 20 heavy (non-hydrogen) atoms. The Morgan fingerprint density at radius 3 is 2.60 bits per heavy atom. The maximum absolute atomic E-state index is 11.6. The first-order valence-electron chi connectivity index (χ1n) is 5.59. The van der Waals surface area contributed by atoms with Gasteiger partial charge in [0.05, 0.1) is 10.6 Å². The number of rotatable bonds is 5. The molecule has 0 radical (unpaired) electrons. The van der Waals surface area contributed by atoms with Crippen LogP contribution in [0.5, 0.6) is 0 Å². The van der Waals surface area contributed by atoms with Crippen LogP contribution in [0.4, 0.5) is 16.2 Å². The van der Waals surface area contributed by atoms with Gasteiger partial charge in [0.15, 0.2) is 0 Å². The van der Waals surface area contributed by atoms with Gasteiger partial charge >= 0.3 is 12.0 Å². The summed E-state index contributed by atoms with van der Waals surface area (Å²) in [4.78, 5) is 32.4. The molecule has 108 valence electrons. The molecule has 1 rings (SSSR count). The van der Waals surface area contributed by atoms with Gasteiger partial charge in [0, 0.05) is 16.6 Å². The number of nitro benzene ring substituents is 1. The minimum atomic E-state index is -1.13. The number of anilines is 1. The number of carboxylic acids is 1. The Kier molecular flexibility index (Phi) is 5.44. The number of amides is 2. The zero-order valence-electron chi connectivity index (χ0n) is 10.4. The number of carboxylic acid groups (broad SMARTS) is 1. The highest BCUT2D eigenvalue weighted by molar-refractivity contribution is 9.10. The molecule has 1 atom stereocenters. The number of carbonyl (C=O) groups is 2. The van der Waals surface area contributed by atoms with Crippen molar-refractivity contribution in [1.82, 2.24) is 5.32 Å².